The lowest BCUT2D eigenvalue weighted by molar-refractivity contribution is 0.0144. The van der Waals surface area contributed by atoms with Gasteiger partial charge < -0.3 is 14.8 Å². The van der Waals surface area contributed by atoms with E-state index >= 15 is 0 Å². The van der Waals surface area contributed by atoms with Gasteiger partial charge in [-0.05, 0) is 24.5 Å². The second kappa shape index (κ2) is 5.72. The summed E-state index contributed by atoms with van der Waals surface area (Å²) in [6, 6.07) is 6.67. The van der Waals surface area contributed by atoms with Crippen molar-refractivity contribution in [1.29, 1.82) is 0 Å². The second-order valence-electron chi connectivity index (χ2n) is 5.26. The van der Waals surface area contributed by atoms with Crippen LogP contribution in [0.15, 0.2) is 18.2 Å². The zero-order chi connectivity index (χ0) is 13.1. The smallest absolute Gasteiger partial charge is 0.123 e. The predicted molar refractivity (Wildman–Crippen MR) is 73.2 cm³/mol. The minimum absolute atomic E-state index is 0.231. The van der Waals surface area contributed by atoms with Gasteiger partial charge in [0.1, 0.15) is 5.75 Å². The molecule has 1 heterocycles. The molecular weight excluding hydrogens is 226 g/mol. The highest BCUT2D eigenvalue weighted by atomic mass is 16.5. The molecule has 1 aromatic carbocycles. The lowest BCUT2D eigenvalue weighted by Gasteiger charge is -2.30. The average molecular weight is 249 g/mol. The largest absolute Gasteiger partial charge is 0.496 e. The predicted octanol–water partition coefficient (Wildman–Crippen LogP) is 2.87. The summed E-state index contributed by atoms with van der Waals surface area (Å²) >= 11 is 0. The van der Waals surface area contributed by atoms with Crippen LogP contribution in [-0.2, 0) is 4.74 Å². The van der Waals surface area contributed by atoms with E-state index in [1.807, 2.05) is 0 Å². The molecule has 0 spiro atoms. The van der Waals surface area contributed by atoms with Gasteiger partial charge in [0.2, 0.25) is 0 Å². The summed E-state index contributed by atoms with van der Waals surface area (Å²) in [6.45, 7) is 8.10. The van der Waals surface area contributed by atoms with E-state index in [1.165, 1.54) is 11.1 Å². The van der Waals surface area contributed by atoms with E-state index in [9.17, 15) is 0 Å². The van der Waals surface area contributed by atoms with Crippen molar-refractivity contribution in [2.75, 3.05) is 20.3 Å². The lowest BCUT2D eigenvalue weighted by atomic mass is 9.96. The molecule has 2 atom stereocenters. The molecule has 1 aliphatic rings. The second-order valence-corrected chi connectivity index (χ2v) is 5.26. The van der Waals surface area contributed by atoms with Crippen LogP contribution in [0.1, 0.15) is 43.9 Å². The normalized spacial score (nSPS) is 24.3. The van der Waals surface area contributed by atoms with Crippen molar-refractivity contribution in [2.24, 2.45) is 0 Å². The Kier molecular flexibility index (Phi) is 4.25. The number of benzene rings is 1. The zero-order valence-electron chi connectivity index (χ0n) is 11.7. The van der Waals surface area contributed by atoms with Crippen molar-refractivity contribution in [3.05, 3.63) is 29.3 Å². The first-order valence-electron chi connectivity index (χ1n) is 6.64. The molecule has 0 aromatic heterocycles. The highest BCUT2D eigenvalue weighted by molar-refractivity contribution is 5.40. The molecule has 1 N–H and O–H groups in total. The van der Waals surface area contributed by atoms with E-state index in [4.69, 9.17) is 9.47 Å². The van der Waals surface area contributed by atoms with Gasteiger partial charge in [0.05, 0.1) is 25.9 Å². The Labute approximate surface area is 109 Å². The van der Waals surface area contributed by atoms with E-state index < -0.39 is 0 Å². The van der Waals surface area contributed by atoms with Gasteiger partial charge in [-0.3, -0.25) is 0 Å². The molecule has 18 heavy (non-hydrogen) atoms. The summed E-state index contributed by atoms with van der Waals surface area (Å²) in [5.74, 6) is 1.47. The van der Waals surface area contributed by atoms with Crippen LogP contribution in [-0.4, -0.2) is 26.4 Å². The standard InChI is InChI=1S/C15H23NO2/c1-10(2)12-5-6-15(17-4)13(7-12)14-9-18-11(3)8-16-14/h5-7,10-11,14,16H,8-9H2,1-4H3. The minimum Gasteiger partial charge on any atom is -0.496 e. The summed E-state index contributed by atoms with van der Waals surface area (Å²) in [6.07, 6.45) is 0.292. The van der Waals surface area contributed by atoms with E-state index in [2.05, 4.69) is 44.3 Å². The molecule has 0 radical (unpaired) electrons. The molecule has 0 amide bonds. The Morgan fingerprint density at radius 2 is 2.17 bits per heavy atom. The molecule has 1 fully saturated rings. The summed E-state index contributed by atoms with van der Waals surface area (Å²) in [5, 5.41) is 3.52. The number of morpholine rings is 1. The molecule has 0 bridgehead atoms. The van der Waals surface area contributed by atoms with Gasteiger partial charge in [-0.25, -0.2) is 0 Å². The molecule has 100 valence electrons. The first-order chi connectivity index (χ1) is 8.61. The van der Waals surface area contributed by atoms with Crippen LogP contribution < -0.4 is 10.1 Å². The third-order valence-electron chi connectivity index (χ3n) is 3.49. The highest BCUT2D eigenvalue weighted by Gasteiger charge is 2.22. The third-order valence-corrected chi connectivity index (χ3v) is 3.49. The summed E-state index contributed by atoms with van der Waals surface area (Å²) < 4.78 is 11.2. The molecule has 2 rings (SSSR count). The Balaban J connectivity index is 2.26. The maximum Gasteiger partial charge on any atom is 0.123 e. The van der Waals surface area contributed by atoms with Crippen LogP contribution in [0.25, 0.3) is 0 Å². The number of nitrogens with one attached hydrogen (secondary N) is 1. The van der Waals surface area contributed by atoms with Gasteiger partial charge in [0.15, 0.2) is 0 Å². The fourth-order valence-electron chi connectivity index (χ4n) is 2.27. The fraction of sp³-hybridized carbons (Fsp3) is 0.600. The SMILES string of the molecule is COc1ccc(C(C)C)cc1C1COC(C)CN1. The lowest BCUT2D eigenvalue weighted by Crippen LogP contribution is -2.39. The van der Waals surface area contributed by atoms with Crippen LogP contribution in [0.5, 0.6) is 5.75 Å². The van der Waals surface area contributed by atoms with Gasteiger partial charge in [0, 0.05) is 12.1 Å². The molecule has 0 aliphatic carbocycles. The number of rotatable bonds is 3. The number of hydrogen-bond donors (Lipinski definition) is 1. The number of ether oxygens (including phenoxy) is 2. The van der Waals surface area contributed by atoms with Crippen molar-refractivity contribution < 1.29 is 9.47 Å². The summed E-state index contributed by atoms with van der Waals surface area (Å²) in [4.78, 5) is 0. The van der Waals surface area contributed by atoms with E-state index in [-0.39, 0.29) is 6.04 Å². The molecule has 1 saturated heterocycles. The fourth-order valence-corrected chi connectivity index (χ4v) is 2.27. The molecular formula is C15H23NO2. The van der Waals surface area contributed by atoms with Crippen LogP contribution in [0.3, 0.4) is 0 Å². The van der Waals surface area contributed by atoms with Gasteiger partial charge in [0.25, 0.3) is 0 Å². The molecule has 0 saturated carbocycles. The molecule has 1 aliphatic heterocycles. The minimum atomic E-state index is 0.231. The maximum absolute atomic E-state index is 5.73. The molecule has 1 aromatic rings. The monoisotopic (exact) mass is 249 g/mol. The van der Waals surface area contributed by atoms with Crippen molar-refractivity contribution in [3.8, 4) is 5.75 Å². The topological polar surface area (TPSA) is 30.5 Å². The molecule has 2 unspecified atom stereocenters. The quantitative estimate of drug-likeness (QED) is 0.893. The van der Waals surface area contributed by atoms with Crippen LogP contribution >= 0.6 is 0 Å². The summed E-state index contributed by atoms with van der Waals surface area (Å²) in [5.41, 5.74) is 2.54. The van der Waals surface area contributed by atoms with Crippen molar-refractivity contribution >= 4 is 0 Å². The van der Waals surface area contributed by atoms with Gasteiger partial charge in [-0.2, -0.15) is 0 Å². The zero-order valence-corrected chi connectivity index (χ0v) is 11.7. The Morgan fingerprint density at radius 1 is 1.39 bits per heavy atom. The number of methoxy groups -OCH3 is 1. The van der Waals surface area contributed by atoms with Crippen LogP contribution in [0, 0.1) is 0 Å². The summed E-state index contributed by atoms with van der Waals surface area (Å²) in [7, 11) is 1.72. The maximum atomic E-state index is 5.73. The van der Waals surface area contributed by atoms with Gasteiger partial charge in [-0.1, -0.05) is 26.0 Å². The third kappa shape index (κ3) is 2.85. The molecule has 3 nitrogen and oxygen atoms in total. The first kappa shape index (κ1) is 13.4. The van der Waals surface area contributed by atoms with Crippen LogP contribution in [0.4, 0.5) is 0 Å². The van der Waals surface area contributed by atoms with Crippen molar-refractivity contribution in [2.45, 2.75) is 38.8 Å². The number of hydrogen-bond acceptors (Lipinski definition) is 3. The van der Waals surface area contributed by atoms with Gasteiger partial charge >= 0.3 is 0 Å². The average Bonchev–Trinajstić information content (AvgIpc) is 2.39. The van der Waals surface area contributed by atoms with Crippen molar-refractivity contribution in [3.63, 3.8) is 0 Å². The van der Waals surface area contributed by atoms with E-state index in [1.54, 1.807) is 7.11 Å². The molecule has 3 heteroatoms. The van der Waals surface area contributed by atoms with E-state index in [0.29, 0.717) is 18.6 Å². The van der Waals surface area contributed by atoms with Crippen LogP contribution in [0.2, 0.25) is 0 Å². The Bertz CT molecular complexity index is 395. The first-order valence-corrected chi connectivity index (χ1v) is 6.64. The Hall–Kier alpha value is -1.06. The van der Waals surface area contributed by atoms with Gasteiger partial charge in [-0.15, -0.1) is 0 Å². The van der Waals surface area contributed by atoms with Crippen molar-refractivity contribution in [1.82, 2.24) is 5.32 Å². The highest BCUT2D eigenvalue weighted by Crippen LogP contribution is 2.30. The van der Waals surface area contributed by atoms with E-state index in [0.717, 1.165) is 12.3 Å². The Morgan fingerprint density at radius 3 is 2.72 bits per heavy atom.